The third-order valence-corrected chi connectivity index (χ3v) is 1.82. The number of para-hydroxylation sites is 1. The van der Waals surface area contributed by atoms with Crippen LogP contribution in [0.1, 0.15) is 10.5 Å². The van der Waals surface area contributed by atoms with E-state index in [1.165, 1.54) is 6.07 Å². The van der Waals surface area contributed by atoms with Crippen molar-refractivity contribution in [3.8, 4) is 0 Å². The number of rotatable bonds is 1. The van der Waals surface area contributed by atoms with E-state index in [9.17, 15) is 4.79 Å². The fraction of sp³-hybridized carbons (Fsp3) is 0. The van der Waals surface area contributed by atoms with Gasteiger partial charge in [-0.15, -0.1) is 0 Å². The monoisotopic (exact) mass is 197 g/mol. The largest absolute Gasteiger partial charge is 0.477 e. The van der Waals surface area contributed by atoms with Crippen molar-refractivity contribution in [1.29, 1.82) is 0 Å². The van der Waals surface area contributed by atoms with Crippen molar-refractivity contribution in [2.75, 3.05) is 0 Å². The minimum atomic E-state index is -0.995. The van der Waals surface area contributed by atoms with Crippen LogP contribution in [0.25, 0.3) is 10.9 Å². The Labute approximate surface area is 96.9 Å². The van der Waals surface area contributed by atoms with E-state index in [0.717, 1.165) is 5.39 Å². The van der Waals surface area contributed by atoms with Crippen molar-refractivity contribution in [3.63, 3.8) is 0 Å². The highest BCUT2D eigenvalue weighted by atomic mass is 24.3. The number of aromatic nitrogens is 1. The molecule has 0 aliphatic carbocycles. The van der Waals surface area contributed by atoms with Crippen molar-refractivity contribution >= 4 is 39.9 Å². The molecule has 2 radical (unpaired) electrons. The molecule has 0 spiro atoms. The number of carbonyl (C=O) groups is 1. The van der Waals surface area contributed by atoms with Crippen LogP contribution in [0.3, 0.4) is 0 Å². The number of fused-ring (bicyclic) bond motifs is 1. The molecule has 2 aromatic rings. The predicted octanol–water partition coefficient (Wildman–Crippen LogP) is 1.55. The van der Waals surface area contributed by atoms with Crippen LogP contribution >= 0.6 is 0 Å². The maximum Gasteiger partial charge on any atom is 0.354 e. The highest BCUT2D eigenvalue weighted by molar-refractivity contribution is 5.89. The van der Waals surface area contributed by atoms with Crippen LogP contribution in [0.5, 0.6) is 0 Å². The quantitative estimate of drug-likeness (QED) is 0.706. The van der Waals surface area contributed by atoms with Crippen LogP contribution in [-0.2, 0) is 0 Å². The molecular weight excluding hydrogens is 190 g/mol. The molecule has 4 heteroatoms. The number of carboxylic acid groups (broad SMARTS) is 1. The molecule has 1 heterocycles. The molecule has 14 heavy (non-hydrogen) atoms. The average Bonchev–Trinajstić information content (AvgIpc) is 2.17. The van der Waals surface area contributed by atoms with E-state index in [2.05, 4.69) is 4.98 Å². The van der Waals surface area contributed by atoms with E-state index >= 15 is 0 Å². The number of benzene rings is 1. The van der Waals surface area contributed by atoms with Gasteiger partial charge in [-0.25, -0.2) is 9.78 Å². The molecule has 0 bridgehead atoms. The first-order chi connectivity index (χ1) is 6.27. The van der Waals surface area contributed by atoms with Gasteiger partial charge in [0.2, 0.25) is 0 Å². The van der Waals surface area contributed by atoms with E-state index in [4.69, 9.17) is 5.11 Å². The van der Waals surface area contributed by atoms with Gasteiger partial charge in [0, 0.05) is 28.4 Å². The maximum atomic E-state index is 10.6. The average molecular weight is 197 g/mol. The van der Waals surface area contributed by atoms with Gasteiger partial charge in [-0.2, -0.15) is 0 Å². The van der Waals surface area contributed by atoms with Crippen LogP contribution in [0.4, 0.5) is 0 Å². The minimum Gasteiger partial charge on any atom is -0.477 e. The predicted molar refractivity (Wildman–Crippen MR) is 54.5 cm³/mol. The summed E-state index contributed by atoms with van der Waals surface area (Å²) in [7, 11) is 0. The molecule has 3 nitrogen and oxygen atoms in total. The van der Waals surface area contributed by atoms with Crippen molar-refractivity contribution in [2.24, 2.45) is 0 Å². The van der Waals surface area contributed by atoms with Crippen LogP contribution in [0.2, 0.25) is 0 Å². The van der Waals surface area contributed by atoms with Gasteiger partial charge in [0.05, 0.1) is 5.52 Å². The first-order valence-electron chi connectivity index (χ1n) is 3.86. The molecule has 0 atom stereocenters. The topological polar surface area (TPSA) is 50.2 Å². The second kappa shape index (κ2) is 4.39. The van der Waals surface area contributed by atoms with Crippen molar-refractivity contribution in [2.45, 2.75) is 0 Å². The van der Waals surface area contributed by atoms with Gasteiger partial charge in [-0.1, -0.05) is 24.3 Å². The molecule has 0 saturated heterocycles. The Hall–Kier alpha value is -1.13. The molecule has 0 aliphatic heterocycles. The van der Waals surface area contributed by atoms with Crippen molar-refractivity contribution in [1.82, 2.24) is 4.98 Å². The molecule has 1 aromatic heterocycles. The second-order valence-corrected chi connectivity index (χ2v) is 2.69. The third-order valence-electron chi connectivity index (χ3n) is 1.82. The molecule has 0 amide bonds. The molecule has 2 rings (SSSR count). The molecule has 0 saturated carbocycles. The van der Waals surface area contributed by atoms with Gasteiger partial charge in [0.15, 0.2) is 0 Å². The van der Waals surface area contributed by atoms with E-state index in [1.54, 1.807) is 12.1 Å². The maximum absolute atomic E-state index is 10.6. The third kappa shape index (κ3) is 2.02. The fourth-order valence-corrected chi connectivity index (χ4v) is 1.19. The summed E-state index contributed by atoms with van der Waals surface area (Å²) in [6.07, 6.45) is 0. The lowest BCUT2D eigenvalue weighted by Crippen LogP contribution is -1.99. The zero-order valence-corrected chi connectivity index (χ0v) is 8.89. The van der Waals surface area contributed by atoms with E-state index in [1.807, 2.05) is 18.2 Å². The summed E-state index contributed by atoms with van der Waals surface area (Å²) in [4.78, 5) is 14.6. The summed E-state index contributed by atoms with van der Waals surface area (Å²) in [5.74, 6) is -0.995. The lowest BCUT2D eigenvalue weighted by atomic mass is 10.2. The Morgan fingerprint density at radius 1 is 1.14 bits per heavy atom. The Balaban J connectivity index is 0.000000980. The van der Waals surface area contributed by atoms with E-state index < -0.39 is 5.97 Å². The number of aromatic carboxylic acids is 1. The van der Waals surface area contributed by atoms with Crippen molar-refractivity contribution < 1.29 is 9.90 Å². The first kappa shape index (κ1) is 10.9. The molecule has 0 fully saturated rings. The summed E-state index contributed by atoms with van der Waals surface area (Å²) in [5, 5.41) is 9.63. The normalized spacial score (nSPS) is 9.43. The molecular formula is C10H7MgNO2. The number of hydrogen-bond acceptors (Lipinski definition) is 2. The number of pyridine rings is 1. The van der Waals surface area contributed by atoms with E-state index in [-0.39, 0.29) is 28.7 Å². The Bertz CT molecular complexity index is 470. The Kier molecular flexibility index (Phi) is 3.43. The summed E-state index contributed by atoms with van der Waals surface area (Å²) in [6.45, 7) is 0. The summed E-state index contributed by atoms with van der Waals surface area (Å²) in [6, 6.07) is 10.7. The number of nitrogens with zero attached hydrogens (tertiary/aromatic N) is 1. The lowest BCUT2D eigenvalue weighted by Gasteiger charge is -1.97. The molecule has 1 N–H and O–H groups in total. The van der Waals surface area contributed by atoms with Crippen LogP contribution in [-0.4, -0.2) is 39.1 Å². The highest BCUT2D eigenvalue weighted by Gasteiger charge is 2.03. The SMILES string of the molecule is O=C(O)c1ccc2ccccc2n1.[Mg]. The summed E-state index contributed by atoms with van der Waals surface area (Å²) < 4.78 is 0. The number of carboxylic acids is 1. The molecule has 66 valence electrons. The second-order valence-electron chi connectivity index (χ2n) is 2.69. The zero-order chi connectivity index (χ0) is 9.26. The molecule has 1 aromatic carbocycles. The van der Waals surface area contributed by atoms with Gasteiger partial charge in [0.1, 0.15) is 5.69 Å². The standard InChI is InChI=1S/C10H7NO2.Mg/c12-10(13)9-6-5-7-3-1-2-4-8(7)11-9;/h1-6H,(H,12,13);. The lowest BCUT2D eigenvalue weighted by molar-refractivity contribution is 0.0691. The Morgan fingerprint density at radius 2 is 1.86 bits per heavy atom. The fourth-order valence-electron chi connectivity index (χ4n) is 1.19. The molecule has 0 aliphatic rings. The van der Waals surface area contributed by atoms with Gasteiger partial charge in [-0.3, -0.25) is 0 Å². The molecule has 0 unspecified atom stereocenters. The summed E-state index contributed by atoms with van der Waals surface area (Å²) >= 11 is 0. The van der Waals surface area contributed by atoms with Crippen molar-refractivity contribution in [3.05, 3.63) is 42.1 Å². The Morgan fingerprint density at radius 3 is 2.57 bits per heavy atom. The van der Waals surface area contributed by atoms with Crippen LogP contribution < -0.4 is 0 Å². The highest BCUT2D eigenvalue weighted by Crippen LogP contribution is 2.11. The number of hydrogen-bond donors (Lipinski definition) is 1. The zero-order valence-electron chi connectivity index (χ0n) is 7.47. The van der Waals surface area contributed by atoms with Gasteiger partial charge in [-0.05, 0) is 12.1 Å². The first-order valence-corrected chi connectivity index (χ1v) is 3.86. The summed E-state index contributed by atoms with van der Waals surface area (Å²) in [5.41, 5.74) is 0.793. The minimum absolute atomic E-state index is 0. The van der Waals surface area contributed by atoms with Gasteiger partial charge >= 0.3 is 5.97 Å². The van der Waals surface area contributed by atoms with E-state index in [0.29, 0.717) is 5.52 Å². The smallest absolute Gasteiger partial charge is 0.354 e. The van der Waals surface area contributed by atoms with Crippen LogP contribution in [0, 0.1) is 0 Å². The van der Waals surface area contributed by atoms with Crippen LogP contribution in [0.15, 0.2) is 36.4 Å². The van der Waals surface area contributed by atoms with Gasteiger partial charge in [0.25, 0.3) is 0 Å². The van der Waals surface area contributed by atoms with Gasteiger partial charge < -0.3 is 5.11 Å².